The van der Waals surface area contributed by atoms with E-state index in [0.29, 0.717) is 12.4 Å². The molecule has 2 aromatic heterocycles. The molecule has 0 saturated heterocycles. The predicted molar refractivity (Wildman–Crippen MR) is 120 cm³/mol. The average Bonchev–Trinajstić information content (AvgIpc) is 3.16. The first-order valence-corrected chi connectivity index (χ1v) is 9.94. The van der Waals surface area contributed by atoms with Crippen molar-refractivity contribution in [3.8, 4) is 5.75 Å². The van der Waals surface area contributed by atoms with E-state index in [4.69, 9.17) is 15.5 Å². The highest BCUT2D eigenvalue weighted by molar-refractivity contribution is 5.69. The number of ether oxygens (including phenoxy) is 1. The lowest BCUT2D eigenvalue weighted by Crippen LogP contribution is -2.19. The monoisotopic (exact) mass is 402 g/mol. The van der Waals surface area contributed by atoms with E-state index in [1.165, 1.54) is 11.1 Å². The Bertz CT molecular complexity index is 1050. The first kappa shape index (κ1) is 19.8. The van der Waals surface area contributed by atoms with Crippen LogP contribution in [0.25, 0.3) is 12.2 Å². The number of nitrogens with two attached hydrogens (primary N) is 1. The number of nitrogens with zero attached hydrogens (tertiary/aromatic N) is 5. The standard InChI is InChI=1S/C23H26N6O/c1-28(2)11-12-30-21-6-4-18-15-29(16-19(18)14-21)23-26-10-8-20(27-23)5-3-17-7-9-25-22(24)13-17/h3-10,13-14H,11-12,15-16H2,1-2H3,(H2,24,25)/b5-3+. The molecule has 3 heterocycles. The van der Waals surface area contributed by atoms with Crippen molar-refractivity contribution in [3.63, 3.8) is 0 Å². The maximum absolute atomic E-state index is 5.87. The number of rotatable bonds is 7. The molecule has 154 valence electrons. The van der Waals surface area contributed by atoms with Crippen molar-refractivity contribution in [3.05, 3.63) is 71.2 Å². The Hall–Kier alpha value is -3.45. The van der Waals surface area contributed by atoms with E-state index in [1.54, 1.807) is 12.4 Å². The molecule has 0 aliphatic carbocycles. The maximum Gasteiger partial charge on any atom is 0.226 e. The lowest BCUT2D eigenvalue weighted by atomic mass is 10.1. The van der Waals surface area contributed by atoms with Gasteiger partial charge in [0.15, 0.2) is 0 Å². The molecule has 7 nitrogen and oxygen atoms in total. The van der Waals surface area contributed by atoms with Gasteiger partial charge in [0.05, 0.1) is 5.69 Å². The summed E-state index contributed by atoms with van der Waals surface area (Å²) < 4.78 is 5.87. The molecule has 1 aromatic carbocycles. The third kappa shape index (κ3) is 4.93. The van der Waals surface area contributed by atoms with Crippen LogP contribution in [0.3, 0.4) is 0 Å². The van der Waals surface area contributed by atoms with Crippen molar-refractivity contribution in [1.29, 1.82) is 0 Å². The molecule has 7 heteroatoms. The van der Waals surface area contributed by atoms with E-state index in [-0.39, 0.29) is 0 Å². The molecule has 0 saturated carbocycles. The second-order valence-corrected chi connectivity index (χ2v) is 7.57. The summed E-state index contributed by atoms with van der Waals surface area (Å²) >= 11 is 0. The van der Waals surface area contributed by atoms with Gasteiger partial charge in [0.1, 0.15) is 18.2 Å². The number of pyridine rings is 1. The molecule has 0 amide bonds. The molecule has 0 radical (unpaired) electrons. The van der Waals surface area contributed by atoms with Gasteiger partial charge in [-0.2, -0.15) is 0 Å². The molecule has 0 spiro atoms. The average molecular weight is 403 g/mol. The van der Waals surface area contributed by atoms with Crippen LogP contribution in [0.1, 0.15) is 22.4 Å². The van der Waals surface area contributed by atoms with Crippen LogP contribution < -0.4 is 15.4 Å². The smallest absolute Gasteiger partial charge is 0.226 e. The van der Waals surface area contributed by atoms with Gasteiger partial charge in [0.2, 0.25) is 5.95 Å². The Labute approximate surface area is 176 Å². The number of hydrogen-bond acceptors (Lipinski definition) is 7. The highest BCUT2D eigenvalue weighted by Gasteiger charge is 2.21. The van der Waals surface area contributed by atoms with Crippen molar-refractivity contribution in [2.45, 2.75) is 13.1 Å². The maximum atomic E-state index is 5.87. The zero-order chi connectivity index (χ0) is 20.9. The van der Waals surface area contributed by atoms with E-state index < -0.39 is 0 Å². The van der Waals surface area contributed by atoms with Gasteiger partial charge in [-0.05, 0) is 67.2 Å². The summed E-state index contributed by atoms with van der Waals surface area (Å²) in [6.45, 7) is 3.13. The third-order valence-corrected chi connectivity index (χ3v) is 4.91. The molecular formula is C23H26N6O. The molecule has 0 unspecified atom stereocenters. The van der Waals surface area contributed by atoms with E-state index in [2.05, 4.69) is 31.9 Å². The van der Waals surface area contributed by atoms with Crippen molar-refractivity contribution in [2.24, 2.45) is 0 Å². The van der Waals surface area contributed by atoms with Gasteiger partial charge in [0.25, 0.3) is 0 Å². The van der Waals surface area contributed by atoms with Crippen LogP contribution in [0, 0.1) is 0 Å². The second-order valence-electron chi connectivity index (χ2n) is 7.57. The minimum absolute atomic E-state index is 0.500. The fourth-order valence-corrected chi connectivity index (χ4v) is 3.31. The molecule has 0 fully saturated rings. The van der Waals surface area contributed by atoms with Crippen molar-refractivity contribution >= 4 is 23.9 Å². The normalized spacial score (nSPS) is 13.2. The summed E-state index contributed by atoms with van der Waals surface area (Å²) in [6.07, 6.45) is 7.42. The molecule has 4 rings (SSSR count). The topological polar surface area (TPSA) is 80.4 Å². The van der Waals surface area contributed by atoms with Crippen LogP contribution in [0.2, 0.25) is 0 Å². The Balaban J connectivity index is 1.44. The summed E-state index contributed by atoms with van der Waals surface area (Å²) in [6, 6.07) is 11.9. The molecule has 0 atom stereocenters. The summed E-state index contributed by atoms with van der Waals surface area (Å²) in [5.74, 6) is 2.13. The molecule has 30 heavy (non-hydrogen) atoms. The number of hydrogen-bond donors (Lipinski definition) is 1. The van der Waals surface area contributed by atoms with Gasteiger partial charge in [-0.1, -0.05) is 12.1 Å². The SMILES string of the molecule is CN(C)CCOc1ccc2c(c1)CN(c1nccc(/C=C/c3ccnc(N)c3)n1)C2. The fourth-order valence-electron chi connectivity index (χ4n) is 3.31. The minimum Gasteiger partial charge on any atom is -0.492 e. The van der Waals surface area contributed by atoms with Crippen LogP contribution in [-0.2, 0) is 13.1 Å². The second kappa shape index (κ2) is 8.92. The number of benzene rings is 1. The third-order valence-electron chi connectivity index (χ3n) is 4.91. The van der Waals surface area contributed by atoms with Gasteiger partial charge >= 0.3 is 0 Å². The van der Waals surface area contributed by atoms with Crippen LogP contribution >= 0.6 is 0 Å². The first-order valence-electron chi connectivity index (χ1n) is 9.94. The highest BCUT2D eigenvalue weighted by Crippen LogP contribution is 2.29. The number of likely N-dealkylation sites (N-methyl/N-ethyl adjacent to an activating group) is 1. The minimum atomic E-state index is 0.500. The molecule has 1 aliphatic heterocycles. The number of anilines is 2. The fraction of sp³-hybridized carbons (Fsp3) is 0.261. The summed E-state index contributed by atoms with van der Waals surface area (Å²) in [4.78, 5) is 17.5. The summed E-state index contributed by atoms with van der Waals surface area (Å²) in [7, 11) is 4.08. The number of fused-ring (bicyclic) bond motifs is 1. The highest BCUT2D eigenvalue weighted by atomic mass is 16.5. The van der Waals surface area contributed by atoms with Gasteiger partial charge in [-0.3, -0.25) is 0 Å². The van der Waals surface area contributed by atoms with Gasteiger partial charge in [-0.15, -0.1) is 0 Å². The summed E-state index contributed by atoms with van der Waals surface area (Å²) in [5.41, 5.74) is 10.1. The van der Waals surface area contributed by atoms with E-state index in [9.17, 15) is 0 Å². The Morgan fingerprint density at radius 2 is 1.87 bits per heavy atom. The van der Waals surface area contributed by atoms with Crippen molar-refractivity contribution < 1.29 is 4.74 Å². The zero-order valence-electron chi connectivity index (χ0n) is 17.3. The molecule has 0 bridgehead atoms. The van der Waals surface area contributed by atoms with E-state index in [1.807, 2.05) is 50.5 Å². The Kier molecular flexibility index (Phi) is 5.90. The van der Waals surface area contributed by atoms with Crippen LogP contribution in [0.5, 0.6) is 5.75 Å². The zero-order valence-corrected chi connectivity index (χ0v) is 17.3. The quantitative estimate of drug-likeness (QED) is 0.650. The lowest BCUT2D eigenvalue weighted by molar-refractivity contribution is 0.261. The van der Waals surface area contributed by atoms with Crippen LogP contribution in [0.15, 0.2) is 48.8 Å². The van der Waals surface area contributed by atoms with E-state index in [0.717, 1.165) is 42.6 Å². The Morgan fingerprint density at radius 1 is 1.03 bits per heavy atom. The summed E-state index contributed by atoms with van der Waals surface area (Å²) in [5, 5.41) is 0. The number of aromatic nitrogens is 3. The molecule has 3 aromatic rings. The number of nitrogen functional groups attached to an aromatic ring is 1. The van der Waals surface area contributed by atoms with Crippen LogP contribution in [0.4, 0.5) is 11.8 Å². The molecular weight excluding hydrogens is 376 g/mol. The predicted octanol–water partition coefficient (Wildman–Crippen LogP) is 3.08. The van der Waals surface area contributed by atoms with Gasteiger partial charge in [-0.25, -0.2) is 15.0 Å². The largest absolute Gasteiger partial charge is 0.492 e. The Morgan fingerprint density at radius 3 is 2.70 bits per heavy atom. The molecule has 1 aliphatic rings. The van der Waals surface area contributed by atoms with Crippen molar-refractivity contribution in [2.75, 3.05) is 37.9 Å². The first-order chi connectivity index (χ1) is 14.6. The van der Waals surface area contributed by atoms with E-state index >= 15 is 0 Å². The lowest BCUT2D eigenvalue weighted by Gasteiger charge is -2.15. The van der Waals surface area contributed by atoms with Crippen molar-refractivity contribution in [1.82, 2.24) is 19.9 Å². The van der Waals surface area contributed by atoms with Gasteiger partial charge in [0, 0.05) is 32.0 Å². The van der Waals surface area contributed by atoms with Crippen LogP contribution in [-0.4, -0.2) is 47.1 Å². The van der Waals surface area contributed by atoms with Gasteiger partial charge < -0.3 is 20.3 Å². The molecule has 2 N–H and O–H groups in total.